The zero-order valence-electron chi connectivity index (χ0n) is 21.4. The third-order valence-electron chi connectivity index (χ3n) is 5.89. The highest BCUT2D eigenvalue weighted by atomic mass is 16.5. The molecule has 1 saturated carbocycles. The Morgan fingerprint density at radius 1 is 0.868 bits per heavy atom. The zero-order valence-corrected chi connectivity index (χ0v) is 21.4. The van der Waals surface area contributed by atoms with E-state index in [1.165, 1.54) is 0 Å². The number of hydrogen-bond acceptors (Lipinski definition) is 6. The summed E-state index contributed by atoms with van der Waals surface area (Å²) in [6, 6.07) is 16.3. The quantitative estimate of drug-likeness (QED) is 0.279. The van der Waals surface area contributed by atoms with E-state index >= 15 is 0 Å². The van der Waals surface area contributed by atoms with Crippen LogP contribution < -0.4 is 21.3 Å². The predicted octanol–water partition coefficient (Wildman–Crippen LogP) is 1.77. The van der Waals surface area contributed by atoms with Crippen molar-refractivity contribution in [3.63, 3.8) is 0 Å². The van der Waals surface area contributed by atoms with Crippen molar-refractivity contribution in [1.82, 2.24) is 21.3 Å². The first-order valence-electron chi connectivity index (χ1n) is 12.8. The lowest BCUT2D eigenvalue weighted by Crippen LogP contribution is -2.53. The monoisotopic (exact) mass is 522 g/mol. The van der Waals surface area contributed by atoms with Gasteiger partial charge in [-0.3, -0.25) is 19.2 Å². The lowest BCUT2D eigenvalue weighted by molar-refractivity contribution is -0.140. The van der Waals surface area contributed by atoms with Crippen molar-refractivity contribution in [2.45, 2.75) is 63.8 Å². The molecular weight excluding hydrogens is 488 g/mol. The number of benzene rings is 2. The van der Waals surface area contributed by atoms with E-state index in [0.717, 1.165) is 24.0 Å². The third-order valence-corrected chi connectivity index (χ3v) is 5.89. The summed E-state index contributed by atoms with van der Waals surface area (Å²) in [7, 11) is 0. The van der Waals surface area contributed by atoms with Crippen LogP contribution in [0.2, 0.25) is 0 Å². The number of alkyl carbamates (subject to hydrolysis) is 1. The summed E-state index contributed by atoms with van der Waals surface area (Å²) in [6.45, 7) is 1.45. The van der Waals surface area contributed by atoms with Crippen molar-refractivity contribution < 1.29 is 28.7 Å². The number of rotatable bonds is 14. The number of nitrogens with one attached hydrogen (secondary N) is 4. The average Bonchev–Trinajstić information content (AvgIpc) is 3.74. The lowest BCUT2D eigenvalue weighted by atomic mass is 10.1. The first-order valence-corrected chi connectivity index (χ1v) is 12.8. The maximum absolute atomic E-state index is 13.0. The van der Waals surface area contributed by atoms with E-state index in [2.05, 4.69) is 21.3 Å². The summed E-state index contributed by atoms with van der Waals surface area (Å²) < 4.78 is 5.25. The summed E-state index contributed by atoms with van der Waals surface area (Å²) >= 11 is 0. The number of carbonyl (C=O) groups excluding carboxylic acids is 5. The second kappa shape index (κ2) is 14.5. The van der Waals surface area contributed by atoms with Gasteiger partial charge in [-0.15, -0.1) is 0 Å². The van der Waals surface area contributed by atoms with E-state index in [9.17, 15) is 24.0 Å². The molecular formula is C28H34N4O6. The Morgan fingerprint density at radius 3 is 2.11 bits per heavy atom. The first kappa shape index (κ1) is 28.4. The fourth-order valence-electron chi connectivity index (χ4n) is 3.70. The van der Waals surface area contributed by atoms with E-state index in [4.69, 9.17) is 4.74 Å². The van der Waals surface area contributed by atoms with Crippen molar-refractivity contribution in [3.8, 4) is 0 Å². The van der Waals surface area contributed by atoms with E-state index in [1.54, 1.807) is 0 Å². The van der Waals surface area contributed by atoms with Crippen LogP contribution in [0, 0.1) is 0 Å². The fraction of sp³-hybridized carbons (Fsp3) is 0.393. The van der Waals surface area contributed by atoms with Crippen molar-refractivity contribution >= 4 is 29.6 Å². The van der Waals surface area contributed by atoms with Crippen LogP contribution in [0.15, 0.2) is 60.7 Å². The molecule has 2 aromatic carbocycles. The zero-order chi connectivity index (χ0) is 27.3. The molecule has 1 unspecified atom stereocenters. The van der Waals surface area contributed by atoms with Gasteiger partial charge in [0.25, 0.3) is 5.91 Å². The molecule has 10 nitrogen and oxygen atoms in total. The van der Waals surface area contributed by atoms with Gasteiger partial charge in [-0.1, -0.05) is 74.0 Å². The van der Waals surface area contributed by atoms with Gasteiger partial charge in [-0.2, -0.15) is 0 Å². The molecule has 0 aromatic heterocycles. The number of Topliss-reactive ketones (excluding diaryl/α,β-unsaturated/α-hetero) is 1. The molecule has 202 valence electrons. The molecule has 0 spiro atoms. The van der Waals surface area contributed by atoms with E-state index in [-0.39, 0.29) is 19.1 Å². The highest BCUT2D eigenvalue weighted by Gasteiger charge is 2.31. The Hall–Kier alpha value is -4.21. The Bertz CT molecular complexity index is 1100. The van der Waals surface area contributed by atoms with Gasteiger partial charge >= 0.3 is 6.09 Å². The minimum Gasteiger partial charge on any atom is -0.445 e. The molecule has 2 atom stereocenters. The minimum atomic E-state index is -1.01. The molecule has 4 N–H and O–H groups in total. The highest BCUT2D eigenvalue weighted by molar-refractivity contribution is 6.38. The second-order valence-electron chi connectivity index (χ2n) is 9.19. The summed E-state index contributed by atoms with van der Waals surface area (Å²) in [4.78, 5) is 62.5. The molecule has 0 saturated heterocycles. The Labute approximate surface area is 221 Å². The fourth-order valence-corrected chi connectivity index (χ4v) is 3.70. The van der Waals surface area contributed by atoms with Crippen molar-refractivity contribution in [2.24, 2.45) is 0 Å². The van der Waals surface area contributed by atoms with Crippen LogP contribution in [0.25, 0.3) is 0 Å². The Balaban J connectivity index is 1.55. The van der Waals surface area contributed by atoms with Gasteiger partial charge < -0.3 is 26.0 Å². The molecule has 38 heavy (non-hydrogen) atoms. The van der Waals surface area contributed by atoms with Crippen molar-refractivity contribution in [2.75, 3.05) is 6.54 Å². The van der Waals surface area contributed by atoms with Crippen molar-refractivity contribution in [1.29, 1.82) is 0 Å². The maximum Gasteiger partial charge on any atom is 0.408 e. The molecule has 3 rings (SSSR count). The van der Waals surface area contributed by atoms with Crippen LogP contribution in [-0.2, 0) is 36.9 Å². The van der Waals surface area contributed by atoms with Crippen LogP contribution in [-0.4, -0.2) is 54.3 Å². The summed E-state index contributed by atoms with van der Waals surface area (Å²) in [5.74, 6) is -2.63. The van der Waals surface area contributed by atoms with Crippen LogP contribution in [0.5, 0.6) is 0 Å². The molecule has 1 aliphatic rings. The molecule has 0 aliphatic heterocycles. The van der Waals surface area contributed by atoms with Gasteiger partial charge in [0.1, 0.15) is 12.6 Å². The van der Waals surface area contributed by atoms with Gasteiger partial charge in [0.2, 0.25) is 17.6 Å². The molecule has 0 bridgehead atoms. The maximum atomic E-state index is 13.0. The van der Waals surface area contributed by atoms with E-state index in [0.29, 0.717) is 12.8 Å². The van der Waals surface area contributed by atoms with Crippen LogP contribution in [0.4, 0.5) is 4.79 Å². The average molecular weight is 523 g/mol. The summed E-state index contributed by atoms with van der Waals surface area (Å²) in [5, 5.41) is 10.2. The summed E-state index contributed by atoms with van der Waals surface area (Å²) in [5.41, 5.74) is 1.60. The molecule has 0 radical (unpaired) electrons. The van der Waals surface area contributed by atoms with E-state index in [1.807, 2.05) is 67.6 Å². The number of ketones is 1. The third kappa shape index (κ3) is 9.68. The normalized spacial score (nSPS) is 13.9. The van der Waals surface area contributed by atoms with Gasteiger partial charge in [-0.25, -0.2) is 4.79 Å². The lowest BCUT2D eigenvalue weighted by Gasteiger charge is -2.20. The highest BCUT2D eigenvalue weighted by Crippen LogP contribution is 2.18. The Morgan fingerprint density at radius 2 is 1.50 bits per heavy atom. The number of carbonyl (C=O) groups is 5. The second-order valence-corrected chi connectivity index (χ2v) is 9.19. The van der Waals surface area contributed by atoms with Gasteiger partial charge in [0.15, 0.2) is 0 Å². The molecule has 0 heterocycles. The predicted molar refractivity (Wildman–Crippen MR) is 140 cm³/mol. The minimum absolute atomic E-state index is 0.0251. The van der Waals surface area contributed by atoms with E-state index < -0.39 is 48.2 Å². The van der Waals surface area contributed by atoms with Crippen molar-refractivity contribution in [3.05, 3.63) is 71.8 Å². The molecule has 1 fully saturated rings. The molecule has 4 amide bonds. The Kier molecular flexibility index (Phi) is 10.8. The number of hydrogen-bond donors (Lipinski definition) is 4. The van der Waals surface area contributed by atoms with Crippen LogP contribution >= 0.6 is 0 Å². The SMILES string of the molecule is CCCC(NC(=O)CNC(=O)[C@H](Cc1ccccc1)NC(=O)OCc1ccccc1)C(=O)C(=O)NC1CC1. The molecule has 2 aromatic rings. The van der Waals surface area contributed by atoms with Gasteiger partial charge in [0.05, 0.1) is 12.6 Å². The topological polar surface area (TPSA) is 143 Å². The van der Waals surface area contributed by atoms with Gasteiger partial charge in [0, 0.05) is 12.5 Å². The number of amides is 4. The van der Waals surface area contributed by atoms with Crippen LogP contribution in [0.1, 0.15) is 43.7 Å². The molecule has 1 aliphatic carbocycles. The number of ether oxygens (including phenoxy) is 1. The standard InChI is InChI=1S/C28H34N4O6/c1-2-9-22(25(34)27(36)30-21-14-15-21)31-24(33)17-29-26(35)23(16-19-10-5-3-6-11-19)32-28(37)38-18-20-12-7-4-8-13-20/h3-8,10-13,21-23H,2,9,14-18H2,1H3,(H,29,35)(H,30,36)(H,31,33)(H,32,37)/t22?,23-/m0/s1. The van der Waals surface area contributed by atoms with Gasteiger partial charge in [-0.05, 0) is 30.4 Å². The summed E-state index contributed by atoms with van der Waals surface area (Å²) in [6.07, 6.45) is 1.95. The first-order chi connectivity index (χ1) is 18.4. The largest absolute Gasteiger partial charge is 0.445 e. The molecule has 10 heteroatoms. The smallest absolute Gasteiger partial charge is 0.408 e. The van der Waals surface area contributed by atoms with Crippen LogP contribution in [0.3, 0.4) is 0 Å².